The number of aromatic nitrogens is 2. The van der Waals surface area contributed by atoms with E-state index >= 15 is 0 Å². The molecule has 0 aliphatic rings. The summed E-state index contributed by atoms with van der Waals surface area (Å²) in [6, 6.07) is 3.76. The monoisotopic (exact) mass is 224 g/mol. The summed E-state index contributed by atoms with van der Waals surface area (Å²) in [6.45, 7) is 1.58. The van der Waals surface area contributed by atoms with Gasteiger partial charge in [0.25, 0.3) is 0 Å². The van der Waals surface area contributed by atoms with Crippen LogP contribution in [0, 0.1) is 12.7 Å². The lowest BCUT2D eigenvalue weighted by Crippen LogP contribution is -2.12. The van der Waals surface area contributed by atoms with Crippen LogP contribution in [-0.4, -0.2) is 9.97 Å². The normalized spacial score (nSPS) is 10.3. The molecule has 4 nitrogen and oxygen atoms in total. The van der Waals surface area contributed by atoms with Gasteiger partial charge in [0, 0.05) is 0 Å². The lowest BCUT2D eigenvalue weighted by atomic mass is 10.3. The van der Waals surface area contributed by atoms with Crippen molar-refractivity contribution in [3.63, 3.8) is 0 Å². The number of hydrogen-bond acceptors (Lipinski definition) is 5. The van der Waals surface area contributed by atoms with Crippen LogP contribution in [0.4, 0.5) is 10.2 Å². The second-order valence-electron chi connectivity index (χ2n) is 2.92. The van der Waals surface area contributed by atoms with Gasteiger partial charge in [-0.1, -0.05) is 6.07 Å². The number of nitrogen functional groups attached to an aromatic ring is 1. The Morgan fingerprint density at radius 1 is 1.47 bits per heavy atom. The van der Waals surface area contributed by atoms with Crippen molar-refractivity contribution in [2.45, 2.75) is 6.92 Å². The van der Waals surface area contributed by atoms with E-state index in [2.05, 4.69) is 15.4 Å². The maximum atomic E-state index is 13.4. The fourth-order valence-corrected chi connectivity index (χ4v) is 1.83. The summed E-state index contributed by atoms with van der Waals surface area (Å²) in [5, 5.41) is 1.91. The number of nitrogens with two attached hydrogens (primary N) is 1. The number of nitrogens with one attached hydrogen (secondary N) is 1. The van der Waals surface area contributed by atoms with Crippen LogP contribution in [0.5, 0.6) is 0 Å². The first-order valence-corrected chi connectivity index (χ1v) is 5.15. The van der Waals surface area contributed by atoms with Crippen LogP contribution in [-0.2, 0) is 0 Å². The fraction of sp³-hybridized carbons (Fsp3) is 0.111. The molecule has 2 heterocycles. The third kappa shape index (κ3) is 1.81. The van der Waals surface area contributed by atoms with E-state index in [-0.39, 0.29) is 11.5 Å². The largest absolute Gasteiger partial charge is 0.306 e. The Morgan fingerprint density at radius 2 is 2.27 bits per heavy atom. The van der Waals surface area contributed by atoms with E-state index in [4.69, 9.17) is 5.84 Å². The number of anilines is 1. The molecule has 0 radical (unpaired) electrons. The van der Waals surface area contributed by atoms with Crippen molar-refractivity contribution >= 4 is 17.2 Å². The van der Waals surface area contributed by atoms with Crippen LogP contribution in [0.25, 0.3) is 10.7 Å². The Hall–Kier alpha value is -1.53. The summed E-state index contributed by atoms with van der Waals surface area (Å²) < 4.78 is 13.4. The van der Waals surface area contributed by atoms with Crippen molar-refractivity contribution in [3.05, 3.63) is 29.0 Å². The molecule has 0 aliphatic carbocycles. The zero-order valence-electron chi connectivity index (χ0n) is 7.99. The Morgan fingerprint density at radius 3 is 2.87 bits per heavy atom. The molecule has 0 fully saturated rings. The van der Waals surface area contributed by atoms with Gasteiger partial charge in [-0.2, -0.15) is 0 Å². The highest BCUT2D eigenvalue weighted by atomic mass is 32.1. The molecule has 2 aromatic rings. The third-order valence-electron chi connectivity index (χ3n) is 1.90. The van der Waals surface area contributed by atoms with E-state index in [0.717, 1.165) is 4.88 Å². The summed E-state index contributed by atoms with van der Waals surface area (Å²) >= 11 is 1.49. The number of nitrogens with zero attached hydrogens (tertiary/aromatic N) is 2. The number of hydrogen-bond donors (Lipinski definition) is 2. The first-order chi connectivity index (χ1) is 7.22. The van der Waals surface area contributed by atoms with Gasteiger partial charge in [-0.05, 0) is 18.4 Å². The minimum Gasteiger partial charge on any atom is -0.306 e. The third-order valence-corrected chi connectivity index (χ3v) is 2.76. The minimum atomic E-state index is -0.516. The first-order valence-electron chi connectivity index (χ1n) is 4.27. The minimum absolute atomic E-state index is 0.0194. The highest BCUT2D eigenvalue weighted by Gasteiger charge is 2.11. The number of rotatable bonds is 2. The van der Waals surface area contributed by atoms with Crippen LogP contribution in [0.1, 0.15) is 5.69 Å². The van der Waals surface area contributed by atoms with E-state index < -0.39 is 5.82 Å². The molecule has 78 valence electrons. The molecule has 6 heteroatoms. The average Bonchev–Trinajstić information content (AvgIpc) is 2.75. The molecule has 15 heavy (non-hydrogen) atoms. The zero-order valence-corrected chi connectivity index (χ0v) is 8.81. The van der Waals surface area contributed by atoms with E-state index in [1.165, 1.54) is 11.3 Å². The second-order valence-corrected chi connectivity index (χ2v) is 3.86. The van der Waals surface area contributed by atoms with Crippen LogP contribution in [0.3, 0.4) is 0 Å². The molecule has 0 aliphatic heterocycles. The van der Waals surface area contributed by atoms with Crippen molar-refractivity contribution < 1.29 is 4.39 Å². The number of halogens is 1. The lowest BCUT2D eigenvalue weighted by molar-refractivity contribution is 0.606. The molecule has 0 spiro atoms. The lowest BCUT2D eigenvalue weighted by Gasteiger charge is -2.05. The smallest absolute Gasteiger partial charge is 0.187 e. The summed E-state index contributed by atoms with van der Waals surface area (Å²) in [5.74, 6) is 5.15. The van der Waals surface area contributed by atoms with Gasteiger partial charge < -0.3 is 5.43 Å². The first kappa shape index (κ1) is 10.0. The number of hydrazine groups is 1. The van der Waals surface area contributed by atoms with Gasteiger partial charge in [-0.3, -0.25) is 0 Å². The zero-order chi connectivity index (χ0) is 10.8. The van der Waals surface area contributed by atoms with Gasteiger partial charge >= 0.3 is 0 Å². The quantitative estimate of drug-likeness (QED) is 0.604. The van der Waals surface area contributed by atoms with Gasteiger partial charge in [0.2, 0.25) is 0 Å². The fourth-order valence-electron chi connectivity index (χ4n) is 1.17. The molecule has 3 N–H and O–H groups in total. The highest BCUT2D eigenvalue weighted by Crippen LogP contribution is 2.24. The highest BCUT2D eigenvalue weighted by molar-refractivity contribution is 7.13. The molecule has 0 amide bonds. The van der Waals surface area contributed by atoms with E-state index in [9.17, 15) is 4.39 Å². The molecule has 0 aromatic carbocycles. The molecule has 2 rings (SSSR count). The molecule has 0 saturated heterocycles. The van der Waals surface area contributed by atoms with Gasteiger partial charge in [0.05, 0.1) is 10.6 Å². The maximum absolute atomic E-state index is 13.4. The predicted molar refractivity (Wildman–Crippen MR) is 57.9 cm³/mol. The van der Waals surface area contributed by atoms with Gasteiger partial charge in [-0.25, -0.2) is 20.2 Å². The van der Waals surface area contributed by atoms with Crippen LogP contribution in [0.15, 0.2) is 17.5 Å². The Bertz CT molecular complexity index is 469. The van der Waals surface area contributed by atoms with Crippen molar-refractivity contribution in [2.24, 2.45) is 5.84 Å². The average molecular weight is 224 g/mol. The van der Waals surface area contributed by atoms with Crippen molar-refractivity contribution in [2.75, 3.05) is 5.43 Å². The molecular formula is C9H9FN4S. The Labute approximate surface area is 90.0 Å². The molecular weight excluding hydrogens is 215 g/mol. The SMILES string of the molecule is Cc1nc(-c2cccs2)nc(NN)c1F. The standard InChI is InChI=1S/C9H9FN4S/c1-5-7(10)9(14-11)13-8(12-5)6-3-2-4-15-6/h2-4H,11H2,1H3,(H,12,13,14). The molecule has 0 bridgehead atoms. The number of aryl methyl sites for hydroxylation is 1. The number of thiophene rings is 1. The van der Waals surface area contributed by atoms with E-state index in [1.54, 1.807) is 6.92 Å². The van der Waals surface area contributed by atoms with Crippen LogP contribution in [0.2, 0.25) is 0 Å². The molecule has 0 unspecified atom stereocenters. The van der Waals surface area contributed by atoms with Gasteiger partial charge in [0.15, 0.2) is 17.5 Å². The topological polar surface area (TPSA) is 63.8 Å². The Kier molecular flexibility index (Phi) is 2.61. The van der Waals surface area contributed by atoms with E-state index in [1.807, 2.05) is 17.5 Å². The molecule has 2 aromatic heterocycles. The maximum Gasteiger partial charge on any atom is 0.187 e. The summed E-state index contributed by atoms with van der Waals surface area (Å²) in [7, 11) is 0. The summed E-state index contributed by atoms with van der Waals surface area (Å²) in [6.07, 6.45) is 0. The van der Waals surface area contributed by atoms with Crippen molar-refractivity contribution in [1.29, 1.82) is 0 Å². The summed E-state index contributed by atoms with van der Waals surface area (Å²) in [5.41, 5.74) is 2.50. The second kappa shape index (κ2) is 3.92. The predicted octanol–water partition coefficient (Wildman–Crippen LogP) is 1.94. The van der Waals surface area contributed by atoms with Crippen LogP contribution < -0.4 is 11.3 Å². The summed E-state index contributed by atoms with van der Waals surface area (Å²) in [4.78, 5) is 8.92. The van der Waals surface area contributed by atoms with Gasteiger partial charge in [0.1, 0.15) is 0 Å². The molecule has 0 saturated carbocycles. The Balaban J connectivity index is 2.55. The van der Waals surface area contributed by atoms with E-state index in [0.29, 0.717) is 5.82 Å². The van der Waals surface area contributed by atoms with Crippen molar-refractivity contribution in [3.8, 4) is 10.7 Å². The van der Waals surface area contributed by atoms with Gasteiger partial charge in [-0.15, -0.1) is 11.3 Å². The van der Waals surface area contributed by atoms with Crippen molar-refractivity contribution in [1.82, 2.24) is 9.97 Å². The van der Waals surface area contributed by atoms with Crippen LogP contribution >= 0.6 is 11.3 Å². The molecule has 0 atom stereocenters.